The third kappa shape index (κ3) is 5.17. The Kier molecular flexibility index (Phi) is 7.12. The van der Waals surface area contributed by atoms with E-state index >= 15 is 0 Å². The normalized spacial score (nSPS) is 12.9. The van der Waals surface area contributed by atoms with Gasteiger partial charge in [0.25, 0.3) is 0 Å². The van der Waals surface area contributed by atoms with E-state index in [9.17, 15) is 19.5 Å². The number of carbonyl (C=O) groups excluding carboxylic acids is 2. The molecule has 0 spiro atoms. The Morgan fingerprint density at radius 1 is 0.971 bits per heavy atom. The Morgan fingerprint density at radius 3 is 2.20 bits per heavy atom. The molecule has 0 bridgehead atoms. The van der Waals surface area contributed by atoms with E-state index in [-0.39, 0.29) is 30.4 Å². The standard InChI is InChI=1S/C27H26N2O6/c1-16-11-12-23(21(13-16)26(31)32)28-25(30)24(15-34-2)29-27(33)35-14-22-19-9-5-3-7-17(19)18-8-4-6-10-20(18)22/h3-13,22,24H,14-15H2,1-2H3,(H,28,30)(H,29,33)(H,31,32)/t24-/m0/s1. The van der Waals surface area contributed by atoms with Crippen LogP contribution in [-0.2, 0) is 14.3 Å². The zero-order chi connectivity index (χ0) is 24.9. The van der Waals surface area contributed by atoms with Gasteiger partial charge in [0.2, 0.25) is 5.91 Å². The molecule has 8 heteroatoms. The lowest BCUT2D eigenvalue weighted by Crippen LogP contribution is -2.47. The van der Waals surface area contributed by atoms with Gasteiger partial charge in [-0.05, 0) is 41.3 Å². The zero-order valence-electron chi connectivity index (χ0n) is 19.4. The molecule has 180 valence electrons. The first kappa shape index (κ1) is 24.0. The van der Waals surface area contributed by atoms with Crippen LogP contribution in [0.15, 0.2) is 66.7 Å². The van der Waals surface area contributed by atoms with Crippen molar-refractivity contribution in [3.63, 3.8) is 0 Å². The van der Waals surface area contributed by atoms with Gasteiger partial charge in [0.1, 0.15) is 12.6 Å². The van der Waals surface area contributed by atoms with Crippen LogP contribution in [0.3, 0.4) is 0 Å². The van der Waals surface area contributed by atoms with Gasteiger partial charge in [-0.2, -0.15) is 0 Å². The van der Waals surface area contributed by atoms with Crippen LogP contribution in [0.4, 0.5) is 10.5 Å². The number of fused-ring (bicyclic) bond motifs is 3. The Hall–Kier alpha value is -4.17. The zero-order valence-corrected chi connectivity index (χ0v) is 19.4. The summed E-state index contributed by atoms with van der Waals surface area (Å²) >= 11 is 0. The number of hydrogen-bond acceptors (Lipinski definition) is 5. The second kappa shape index (κ2) is 10.4. The van der Waals surface area contributed by atoms with Gasteiger partial charge in [-0.3, -0.25) is 4.79 Å². The predicted octanol–water partition coefficient (Wildman–Crippen LogP) is 4.19. The maximum Gasteiger partial charge on any atom is 0.407 e. The van der Waals surface area contributed by atoms with Crippen LogP contribution in [0.25, 0.3) is 11.1 Å². The topological polar surface area (TPSA) is 114 Å². The maximum absolute atomic E-state index is 12.8. The molecule has 35 heavy (non-hydrogen) atoms. The molecule has 1 aliphatic carbocycles. The van der Waals surface area contributed by atoms with E-state index in [2.05, 4.69) is 10.6 Å². The molecule has 0 aliphatic heterocycles. The largest absolute Gasteiger partial charge is 0.478 e. The molecule has 0 radical (unpaired) electrons. The van der Waals surface area contributed by atoms with Gasteiger partial charge in [0, 0.05) is 13.0 Å². The first-order chi connectivity index (χ1) is 16.9. The number of rotatable bonds is 8. The van der Waals surface area contributed by atoms with Crippen LogP contribution in [0, 0.1) is 6.92 Å². The minimum absolute atomic E-state index is 0.0457. The summed E-state index contributed by atoms with van der Waals surface area (Å²) in [5, 5.41) is 14.5. The molecule has 0 unspecified atom stereocenters. The Bertz CT molecular complexity index is 1230. The van der Waals surface area contributed by atoms with E-state index in [4.69, 9.17) is 9.47 Å². The van der Waals surface area contributed by atoms with Crippen molar-refractivity contribution in [3.8, 4) is 11.1 Å². The predicted molar refractivity (Wildman–Crippen MR) is 131 cm³/mol. The van der Waals surface area contributed by atoms with Crippen LogP contribution in [0.5, 0.6) is 0 Å². The fourth-order valence-electron chi connectivity index (χ4n) is 4.30. The molecule has 0 fully saturated rings. The lowest BCUT2D eigenvalue weighted by atomic mass is 9.98. The van der Waals surface area contributed by atoms with Gasteiger partial charge in [-0.1, -0.05) is 60.2 Å². The van der Waals surface area contributed by atoms with Crippen molar-refractivity contribution in [1.82, 2.24) is 5.32 Å². The van der Waals surface area contributed by atoms with Crippen molar-refractivity contribution in [2.24, 2.45) is 0 Å². The highest BCUT2D eigenvalue weighted by Crippen LogP contribution is 2.44. The SMILES string of the molecule is COC[C@H](NC(=O)OCC1c2ccccc2-c2ccccc21)C(=O)Nc1ccc(C)cc1C(=O)O. The number of anilines is 1. The van der Waals surface area contributed by atoms with Crippen LogP contribution >= 0.6 is 0 Å². The number of alkyl carbamates (subject to hydrolysis) is 1. The molecule has 0 saturated heterocycles. The first-order valence-corrected chi connectivity index (χ1v) is 11.1. The smallest absolute Gasteiger partial charge is 0.407 e. The molecule has 0 aromatic heterocycles. The number of hydrogen-bond donors (Lipinski definition) is 3. The van der Waals surface area contributed by atoms with Gasteiger partial charge in [0.15, 0.2) is 0 Å². The number of benzene rings is 3. The quantitative estimate of drug-likeness (QED) is 0.451. The first-order valence-electron chi connectivity index (χ1n) is 11.1. The molecule has 3 aromatic carbocycles. The lowest BCUT2D eigenvalue weighted by molar-refractivity contribution is -0.119. The van der Waals surface area contributed by atoms with Gasteiger partial charge in [-0.25, -0.2) is 9.59 Å². The summed E-state index contributed by atoms with van der Waals surface area (Å²) in [4.78, 5) is 37.0. The second-order valence-electron chi connectivity index (χ2n) is 8.32. The van der Waals surface area contributed by atoms with Crippen molar-refractivity contribution < 1.29 is 29.0 Å². The van der Waals surface area contributed by atoms with Crippen molar-refractivity contribution in [2.45, 2.75) is 18.9 Å². The van der Waals surface area contributed by atoms with E-state index in [1.54, 1.807) is 13.0 Å². The third-order valence-electron chi connectivity index (χ3n) is 5.95. The fraction of sp³-hybridized carbons (Fsp3) is 0.222. The molecule has 4 rings (SSSR count). The molecule has 3 N–H and O–H groups in total. The summed E-state index contributed by atoms with van der Waals surface area (Å²) in [7, 11) is 1.40. The number of methoxy groups -OCH3 is 1. The van der Waals surface area contributed by atoms with Crippen molar-refractivity contribution in [2.75, 3.05) is 25.6 Å². The number of nitrogens with one attached hydrogen (secondary N) is 2. The molecule has 8 nitrogen and oxygen atoms in total. The van der Waals surface area contributed by atoms with Gasteiger partial charge in [-0.15, -0.1) is 0 Å². The third-order valence-corrected chi connectivity index (χ3v) is 5.95. The van der Waals surface area contributed by atoms with E-state index < -0.39 is 24.0 Å². The Morgan fingerprint density at radius 2 is 1.60 bits per heavy atom. The van der Waals surface area contributed by atoms with Crippen molar-refractivity contribution in [3.05, 3.63) is 89.0 Å². The summed E-state index contributed by atoms with van der Waals surface area (Å²) in [6.07, 6.45) is -0.772. The van der Waals surface area contributed by atoms with Crippen LogP contribution in [-0.4, -0.2) is 49.4 Å². The molecule has 3 aromatic rings. The number of ether oxygens (including phenoxy) is 2. The number of aryl methyl sites for hydroxylation is 1. The fourth-order valence-corrected chi connectivity index (χ4v) is 4.30. The molecule has 0 heterocycles. The number of carboxylic acids is 1. The highest BCUT2D eigenvalue weighted by atomic mass is 16.5. The minimum atomic E-state index is -1.17. The molecular formula is C27H26N2O6. The van der Waals surface area contributed by atoms with Gasteiger partial charge < -0.3 is 25.2 Å². The van der Waals surface area contributed by atoms with Crippen LogP contribution in [0.2, 0.25) is 0 Å². The van der Waals surface area contributed by atoms with E-state index in [0.717, 1.165) is 27.8 Å². The summed E-state index contributed by atoms with van der Waals surface area (Å²) in [6, 6.07) is 19.6. The summed E-state index contributed by atoms with van der Waals surface area (Å²) in [5.74, 6) is -1.91. The summed E-state index contributed by atoms with van der Waals surface area (Å²) in [6.45, 7) is 1.73. The minimum Gasteiger partial charge on any atom is -0.478 e. The van der Waals surface area contributed by atoms with Crippen LogP contribution < -0.4 is 10.6 Å². The number of amides is 2. The van der Waals surface area contributed by atoms with Crippen LogP contribution in [0.1, 0.15) is 33.0 Å². The van der Waals surface area contributed by atoms with E-state index in [0.29, 0.717) is 0 Å². The van der Waals surface area contributed by atoms with E-state index in [1.165, 1.54) is 19.2 Å². The summed E-state index contributed by atoms with van der Waals surface area (Å²) in [5.41, 5.74) is 5.20. The molecule has 2 amide bonds. The summed E-state index contributed by atoms with van der Waals surface area (Å²) < 4.78 is 10.6. The van der Waals surface area contributed by atoms with Crippen molar-refractivity contribution >= 4 is 23.7 Å². The monoisotopic (exact) mass is 474 g/mol. The molecular weight excluding hydrogens is 448 g/mol. The maximum atomic E-state index is 12.8. The average Bonchev–Trinajstić information content (AvgIpc) is 3.17. The van der Waals surface area contributed by atoms with E-state index in [1.807, 2.05) is 48.5 Å². The highest BCUT2D eigenvalue weighted by molar-refractivity contribution is 6.03. The molecule has 1 aliphatic rings. The number of aromatic carboxylic acids is 1. The lowest BCUT2D eigenvalue weighted by Gasteiger charge is -2.20. The van der Waals surface area contributed by atoms with Crippen molar-refractivity contribution in [1.29, 1.82) is 0 Å². The van der Waals surface area contributed by atoms with Gasteiger partial charge in [0.05, 0.1) is 17.9 Å². The van der Waals surface area contributed by atoms with Gasteiger partial charge >= 0.3 is 12.1 Å². The Labute approximate surface area is 202 Å². The number of carbonyl (C=O) groups is 3. The molecule has 0 saturated carbocycles. The Balaban J connectivity index is 1.43. The second-order valence-corrected chi connectivity index (χ2v) is 8.32. The molecule has 1 atom stereocenters. The average molecular weight is 475 g/mol. The number of carboxylic acid groups (broad SMARTS) is 1. The highest BCUT2D eigenvalue weighted by Gasteiger charge is 2.30.